The number of halogens is 1. The third-order valence-corrected chi connectivity index (χ3v) is 6.04. The monoisotopic (exact) mass is 405 g/mol. The smallest absolute Gasteiger partial charge is 0.241 e. The van der Waals surface area contributed by atoms with Crippen molar-refractivity contribution >= 4 is 48.7 Å². The number of nitrogens with one attached hydrogen (secondary N) is 1. The van der Waals surface area contributed by atoms with E-state index in [0.29, 0.717) is 10.2 Å². The highest BCUT2D eigenvalue weighted by molar-refractivity contribution is 7.92. The zero-order chi connectivity index (χ0) is 19.4. The molecule has 1 heterocycles. The van der Waals surface area contributed by atoms with E-state index in [1.165, 1.54) is 31.3 Å². The molecule has 0 fully saturated rings. The Hall–Kier alpha value is -2.62. The molecule has 3 aromatic rings. The molecule has 6 nitrogen and oxygen atoms in total. The van der Waals surface area contributed by atoms with Gasteiger partial charge in [0, 0.05) is 12.5 Å². The lowest BCUT2D eigenvalue weighted by Crippen LogP contribution is -2.33. The summed E-state index contributed by atoms with van der Waals surface area (Å²) in [6.07, 6.45) is 1.46. The fourth-order valence-corrected chi connectivity index (χ4v) is 3.98. The zero-order valence-electron chi connectivity index (χ0n) is 14.3. The lowest BCUT2D eigenvalue weighted by Gasteiger charge is -2.13. The maximum absolute atomic E-state index is 13.2. The van der Waals surface area contributed by atoms with Crippen LogP contribution in [0.15, 0.2) is 53.9 Å². The molecule has 1 N–H and O–H groups in total. The maximum Gasteiger partial charge on any atom is 0.241 e. The molecule has 27 heavy (non-hydrogen) atoms. The second-order valence-corrected chi connectivity index (χ2v) is 8.65. The largest absolute Gasteiger partial charge is 0.301 e. The molecular formula is C18H16FN3O3S2. The van der Waals surface area contributed by atoms with Crippen molar-refractivity contribution in [3.8, 4) is 0 Å². The highest BCUT2D eigenvalue weighted by atomic mass is 32.2. The van der Waals surface area contributed by atoms with Gasteiger partial charge in [0.05, 0.1) is 16.8 Å². The molecule has 0 saturated carbocycles. The van der Waals surface area contributed by atoms with E-state index in [9.17, 15) is 17.6 Å². The predicted octanol–water partition coefficient (Wildman–Crippen LogP) is 3.31. The van der Waals surface area contributed by atoms with Crippen LogP contribution in [-0.4, -0.2) is 37.2 Å². The number of thiazole rings is 1. The molecule has 0 aliphatic carbocycles. The van der Waals surface area contributed by atoms with Gasteiger partial charge in [-0.1, -0.05) is 41.7 Å². The molecular weight excluding hydrogens is 389 g/mol. The minimum Gasteiger partial charge on any atom is -0.301 e. The molecule has 140 valence electrons. The van der Waals surface area contributed by atoms with Crippen LogP contribution in [0.2, 0.25) is 0 Å². The Bertz CT molecular complexity index is 1100. The van der Waals surface area contributed by atoms with E-state index in [2.05, 4.69) is 10.3 Å². The molecule has 0 atom stereocenters. The van der Waals surface area contributed by atoms with E-state index in [1.807, 2.05) is 6.07 Å². The van der Waals surface area contributed by atoms with Crippen LogP contribution in [0.5, 0.6) is 0 Å². The Balaban J connectivity index is 1.64. The van der Waals surface area contributed by atoms with Crippen molar-refractivity contribution < 1.29 is 17.6 Å². The van der Waals surface area contributed by atoms with Crippen LogP contribution >= 0.6 is 11.3 Å². The number of sulfonamides is 1. The van der Waals surface area contributed by atoms with Gasteiger partial charge >= 0.3 is 0 Å². The number of aromatic nitrogens is 1. The summed E-state index contributed by atoms with van der Waals surface area (Å²) in [5.74, 6) is -0.922. The van der Waals surface area contributed by atoms with E-state index < -0.39 is 15.9 Å². The highest BCUT2D eigenvalue weighted by Crippen LogP contribution is 2.26. The average Bonchev–Trinajstić information content (AvgIpc) is 3.02. The molecule has 1 amide bonds. The molecule has 0 unspecified atom stereocenters. The Kier molecular flexibility index (Phi) is 5.64. The fourth-order valence-electron chi connectivity index (χ4n) is 2.24. The van der Waals surface area contributed by atoms with Crippen molar-refractivity contribution in [2.45, 2.75) is 0 Å². The van der Waals surface area contributed by atoms with E-state index in [0.717, 1.165) is 26.6 Å². The Morgan fingerprint density at radius 3 is 2.74 bits per heavy atom. The van der Waals surface area contributed by atoms with Gasteiger partial charge in [-0.05, 0) is 29.8 Å². The van der Waals surface area contributed by atoms with Gasteiger partial charge in [-0.2, -0.15) is 4.31 Å². The number of anilines is 1. The van der Waals surface area contributed by atoms with Crippen LogP contribution in [0.3, 0.4) is 0 Å². The topological polar surface area (TPSA) is 79.4 Å². The van der Waals surface area contributed by atoms with Gasteiger partial charge in [-0.3, -0.25) is 4.79 Å². The maximum atomic E-state index is 13.2. The van der Waals surface area contributed by atoms with Gasteiger partial charge < -0.3 is 5.32 Å². The number of benzene rings is 2. The van der Waals surface area contributed by atoms with Crippen LogP contribution in [0.4, 0.5) is 9.52 Å². The van der Waals surface area contributed by atoms with Gasteiger partial charge in [0.1, 0.15) is 5.82 Å². The predicted molar refractivity (Wildman–Crippen MR) is 105 cm³/mol. The summed E-state index contributed by atoms with van der Waals surface area (Å²) in [5.41, 5.74) is 1.30. The van der Waals surface area contributed by atoms with Crippen LogP contribution in [0, 0.1) is 5.82 Å². The van der Waals surface area contributed by atoms with Crippen molar-refractivity contribution in [3.05, 3.63) is 65.3 Å². The van der Waals surface area contributed by atoms with E-state index >= 15 is 0 Å². The first-order valence-corrected chi connectivity index (χ1v) is 10.2. The lowest BCUT2D eigenvalue weighted by molar-refractivity contribution is -0.116. The third kappa shape index (κ3) is 4.97. The quantitative estimate of drug-likeness (QED) is 0.682. The summed E-state index contributed by atoms with van der Waals surface area (Å²) in [6.45, 7) is -0.369. The van der Waals surface area contributed by atoms with Crippen molar-refractivity contribution in [1.29, 1.82) is 0 Å². The van der Waals surface area contributed by atoms with Crippen molar-refractivity contribution in [3.63, 3.8) is 0 Å². The molecule has 2 aromatic carbocycles. The van der Waals surface area contributed by atoms with E-state index in [-0.39, 0.29) is 17.5 Å². The molecule has 9 heteroatoms. The summed E-state index contributed by atoms with van der Waals surface area (Å²) in [7, 11) is -2.43. The number of amides is 1. The second kappa shape index (κ2) is 7.95. The number of hydrogen-bond acceptors (Lipinski definition) is 5. The molecule has 0 aliphatic heterocycles. The first-order chi connectivity index (χ1) is 12.8. The number of carbonyl (C=O) groups excluding carboxylic acids is 1. The summed E-state index contributed by atoms with van der Waals surface area (Å²) >= 11 is 1.12. The molecule has 0 saturated heterocycles. The third-order valence-electron chi connectivity index (χ3n) is 3.63. The van der Waals surface area contributed by atoms with Gasteiger partial charge in [0.2, 0.25) is 15.9 Å². The number of rotatable bonds is 6. The summed E-state index contributed by atoms with van der Waals surface area (Å²) in [6, 6.07) is 13.1. The normalized spacial score (nSPS) is 12.1. The Labute approximate surface area is 160 Å². The first-order valence-electron chi connectivity index (χ1n) is 7.89. The number of fused-ring (bicyclic) bond motifs is 1. The molecule has 3 rings (SSSR count). The summed E-state index contributed by atoms with van der Waals surface area (Å²) in [5, 5.41) is 3.88. The zero-order valence-corrected chi connectivity index (χ0v) is 15.9. The number of hydrogen-bond donors (Lipinski definition) is 1. The molecule has 0 spiro atoms. The number of nitrogens with zero attached hydrogens (tertiary/aromatic N) is 2. The standard InChI is InChI=1S/C18H16FN3O3S2/c1-22(27(24,25)10-9-13-5-3-2-4-6-13)12-17(23)21-18-20-15-8-7-14(19)11-16(15)26-18/h2-11H,12H2,1H3,(H,20,21,23)/b10-9+. The molecule has 1 aromatic heterocycles. The average molecular weight is 405 g/mol. The Morgan fingerprint density at radius 2 is 2.00 bits per heavy atom. The van der Waals surface area contributed by atoms with Crippen molar-refractivity contribution in [1.82, 2.24) is 9.29 Å². The lowest BCUT2D eigenvalue weighted by atomic mass is 10.2. The second-order valence-electron chi connectivity index (χ2n) is 5.69. The van der Waals surface area contributed by atoms with Gasteiger partial charge in [0.25, 0.3) is 0 Å². The number of carbonyl (C=O) groups is 1. The van der Waals surface area contributed by atoms with Crippen LogP contribution in [0.1, 0.15) is 5.56 Å². The minimum atomic E-state index is -3.75. The minimum absolute atomic E-state index is 0.284. The van der Waals surface area contributed by atoms with Crippen molar-refractivity contribution in [2.75, 3.05) is 18.9 Å². The van der Waals surface area contributed by atoms with Gasteiger partial charge in [0.15, 0.2) is 5.13 Å². The van der Waals surface area contributed by atoms with E-state index in [1.54, 1.807) is 24.3 Å². The Morgan fingerprint density at radius 1 is 1.26 bits per heavy atom. The SMILES string of the molecule is CN(CC(=O)Nc1nc2ccc(F)cc2s1)S(=O)(=O)/C=C/c1ccccc1. The van der Waals surface area contributed by atoms with Crippen molar-refractivity contribution in [2.24, 2.45) is 0 Å². The highest BCUT2D eigenvalue weighted by Gasteiger charge is 2.18. The van der Waals surface area contributed by atoms with Crippen LogP contribution < -0.4 is 5.32 Å². The molecule has 0 bridgehead atoms. The van der Waals surface area contributed by atoms with E-state index in [4.69, 9.17) is 0 Å². The van der Waals surface area contributed by atoms with Crippen LogP contribution in [-0.2, 0) is 14.8 Å². The van der Waals surface area contributed by atoms with Gasteiger partial charge in [-0.25, -0.2) is 17.8 Å². The summed E-state index contributed by atoms with van der Waals surface area (Å²) < 4.78 is 39.3. The fraction of sp³-hybridized carbons (Fsp3) is 0.111. The summed E-state index contributed by atoms with van der Waals surface area (Å²) in [4.78, 5) is 16.3. The van der Waals surface area contributed by atoms with Gasteiger partial charge in [-0.15, -0.1) is 0 Å². The van der Waals surface area contributed by atoms with Crippen LogP contribution in [0.25, 0.3) is 16.3 Å². The number of likely N-dealkylation sites (N-methyl/N-ethyl adjacent to an activating group) is 1. The molecule has 0 aliphatic rings. The first kappa shape index (κ1) is 19.2. The molecule has 0 radical (unpaired) electrons.